The SMILES string of the molecule is CCCNC(=O)CNc1ccc(C)c(NC(C)=O)c1. The maximum atomic E-state index is 11.5. The van der Waals surface area contributed by atoms with Gasteiger partial charge in [-0.05, 0) is 31.0 Å². The minimum absolute atomic E-state index is 0.0384. The van der Waals surface area contributed by atoms with Crippen LogP contribution in [0, 0.1) is 6.92 Å². The average Bonchev–Trinajstić information content (AvgIpc) is 2.36. The van der Waals surface area contributed by atoms with Crippen LogP contribution in [-0.4, -0.2) is 24.9 Å². The third-order valence-corrected chi connectivity index (χ3v) is 2.57. The van der Waals surface area contributed by atoms with Gasteiger partial charge in [0.25, 0.3) is 0 Å². The van der Waals surface area contributed by atoms with Crippen LogP contribution in [0.2, 0.25) is 0 Å². The summed E-state index contributed by atoms with van der Waals surface area (Å²) in [5, 5.41) is 8.58. The maximum absolute atomic E-state index is 11.5. The molecule has 0 atom stereocenters. The van der Waals surface area contributed by atoms with Crippen molar-refractivity contribution < 1.29 is 9.59 Å². The zero-order chi connectivity index (χ0) is 14.3. The highest BCUT2D eigenvalue weighted by atomic mass is 16.2. The zero-order valence-electron chi connectivity index (χ0n) is 11.7. The lowest BCUT2D eigenvalue weighted by molar-refractivity contribution is -0.119. The van der Waals surface area contributed by atoms with E-state index in [1.54, 1.807) is 0 Å². The van der Waals surface area contributed by atoms with Crippen molar-refractivity contribution in [1.82, 2.24) is 5.32 Å². The van der Waals surface area contributed by atoms with Crippen LogP contribution in [-0.2, 0) is 9.59 Å². The molecule has 5 nitrogen and oxygen atoms in total. The molecule has 2 amide bonds. The second kappa shape index (κ2) is 7.41. The molecule has 0 heterocycles. The number of amides is 2. The molecule has 0 aliphatic carbocycles. The van der Waals surface area contributed by atoms with Crippen molar-refractivity contribution >= 4 is 23.2 Å². The lowest BCUT2D eigenvalue weighted by Gasteiger charge is -2.11. The van der Waals surface area contributed by atoms with Crippen LogP contribution >= 0.6 is 0 Å². The van der Waals surface area contributed by atoms with Crippen LogP contribution in [0.5, 0.6) is 0 Å². The van der Waals surface area contributed by atoms with Crippen LogP contribution in [0.25, 0.3) is 0 Å². The van der Waals surface area contributed by atoms with Crippen molar-refractivity contribution in [3.8, 4) is 0 Å². The molecule has 1 aromatic carbocycles. The average molecular weight is 263 g/mol. The second-order valence-corrected chi connectivity index (χ2v) is 4.41. The molecule has 104 valence electrons. The summed E-state index contributed by atoms with van der Waals surface area (Å²) in [5.41, 5.74) is 2.55. The van der Waals surface area contributed by atoms with E-state index in [1.807, 2.05) is 32.0 Å². The summed E-state index contributed by atoms with van der Waals surface area (Å²) in [6, 6.07) is 5.61. The topological polar surface area (TPSA) is 70.2 Å². The molecule has 1 aromatic rings. The molecule has 0 saturated carbocycles. The van der Waals surface area contributed by atoms with Crippen LogP contribution in [0.15, 0.2) is 18.2 Å². The molecule has 0 aliphatic heterocycles. The minimum atomic E-state index is -0.110. The van der Waals surface area contributed by atoms with Crippen molar-refractivity contribution in [3.05, 3.63) is 23.8 Å². The number of anilines is 2. The second-order valence-electron chi connectivity index (χ2n) is 4.41. The Morgan fingerprint density at radius 1 is 1.26 bits per heavy atom. The predicted molar refractivity (Wildman–Crippen MR) is 77.3 cm³/mol. The van der Waals surface area contributed by atoms with Crippen LogP contribution in [0.3, 0.4) is 0 Å². The summed E-state index contributed by atoms with van der Waals surface area (Å²) in [6.07, 6.45) is 0.920. The van der Waals surface area contributed by atoms with Gasteiger partial charge in [-0.2, -0.15) is 0 Å². The normalized spacial score (nSPS) is 9.84. The van der Waals surface area contributed by atoms with Crippen molar-refractivity contribution in [2.24, 2.45) is 0 Å². The first-order chi connectivity index (χ1) is 9.02. The molecule has 5 heteroatoms. The molecule has 0 fully saturated rings. The lowest BCUT2D eigenvalue weighted by Crippen LogP contribution is -2.30. The van der Waals surface area contributed by atoms with Gasteiger partial charge in [0.2, 0.25) is 11.8 Å². The Kier molecular flexibility index (Phi) is 5.85. The smallest absolute Gasteiger partial charge is 0.239 e. The van der Waals surface area contributed by atoms with Gasteiger partial charge in [-0.15, -0.1) is 0 Å². The lowest BCUT2D eigenvalue weighted by atomic mass is 10.1. The molecule has 0 spiro atoms. The molecule has 0 aromatic heterocycles. The Balaban J connectivity index is 2.59. The standard InChI is InChI=1S/C14H21N3O2/c1-4-7-15-14(19)9-16-12-6-5-10(2)13(8-12)17-11(3)18/h5-6,8,16H,4,7,9H2,1-3H3,(H,15,19)(H,17,18). The van der Waals surface area contributed by atoms with E-state index in [4.69, 9.17) is 0 Å². The van der Waals surface area contributed by atoms with Gasteiger partial charge in [-0.3, -0.25) is 9.59 Å². The number of carbonyl (C=O) groups excluding carboxylic acids is 2. The number of rotatable bonds is 6. The fourth-order valence-electron chi connectivity index (χ4n) is 1.57. The van der Waals surface area contributed by atoms with Crippen molar-refractivity contribution in [3.63, 3.8) is 0 Å². The molecule has 1 rings (SSSR count). The fourth-order valence-corrected chi connectivity index (χ4v) is 1.57. The largest absolute Gasteiger partial charge is 0.376 e. The quantitative estimate of drug-likeness (QED) is 0.734. The first kappa shape index (κ1) is 15.0. The van der Waals surface area contributed by atoms with Gasteiger partial charge in [0.1, 0.15) is 0 Å². The van der Waals surface area contributed by atoms with E-state index in [2.05, 4.69) is 16.0 Å². The molecule has 3 N–H and O–H groups in total. The summed E-state index contributed by atoms with van der Waals surface area (Å²) in [7, 11) is 0. The van der Waals surface area contributed by atoms with E-state index in [0.29, 0.717) is 6.54 Å². The van der Waals surface area contributed by atoms with Crippen molar-refractivity contribution in [2.45, 2.75) is 27.2 Å². The van der Waals surface area contributed by atoms with E-state index in [1.165, 1.54) is 6.92 Å². The Labute approximate surface area is 113 Å². The summed E-state index contributed by atoms with van der Waals surface area (Å²) >= 11 is 0. The first-order valence-electron chi connectivity index (χ1n) is 6.41. The number of carbonyl (C=O) groups is 2. The van der Waals surface area contributed by atoms with Gasteiger partial charge in [-0.25, -0.2) is 0 Å². The van der Waals surface area contributed by atoms with Crippen molar-refractivity contribution in [2.75, 3.05) is 23.7 Å². The highest BCUT2D eigenvalue weighted by Crippen LogP contribution is 2.19. The zero-order valence-corrected chi connectivity index (χ0v) is 11.7. The molecule has 0 saturated heterocycles. The minimum Gasteiger partial charge on any atom is -0.376 e. The number of nitrogens with one attached hydrogen (secondary N) is 3. The number of hydrogen-bond acceptors (Lipinski definition) is 3. The fraction of sp³-hybridized carbons (Fsp3) is 0.429. The van der Waals surface area contributed by atoms with E-state index in [0.717, 1.165) is 23.4 Å². The van der Waals surface area contributed by atoms with E-state index >= 15 is 0 Å². The third-order valence-electron chi connectivity index (χ3n) is 2.57. The predicted octanol–water partition coefficient (Wildman–Crippen LogP) is 1.89. The molecule has 0 bridgehead atoms. The summed E-state index contributed by atoms with van der Waals surface area (Å²) in [6.45, 7) is 6.31. The molecular formula is C14H21N3O2. The van der Waals surface area contributed by atoms with Crippen LogP contribution < -0.4 is 16.0 Å². The number of hydrogen-bond donors (Lipinski definition) is 3. The molecule has 0 unspecified atom stereocenters. The number of benzene rings is 1. The van der Waals surface area contributed by atoms with Gasteiger partial charge in [-0.1, -0.05) is 13.0 Å². The summed E-state index contributed by atoms with van der Waals surface area (Å²) in [4.78, 5) is 22.5. The molecular weight excluding hydrogens is 242 g/mol. The molecule has 19 heavy (non-hydrogen) atoms. The van der Waals surface area contributed by atoms with Crippen LogP contribution in [0.4, 0.5) is 11.4 Å². The van der Waals surface area contributed by atoms with E-state index in [-0.39, 0.29) is 18.4 Å². The molecule has 0 radical (unpaired) electrons. The van der Waals surface area contributed by atoms with Gasteiger partial charge in [0.15, 0.2) is 0 Å². The monoisotopic (exact) mass is 263 g/mol. The third kappa shape index (κ3) is 5.42. The van der Waals surface area contributed by atoms with Crippen molar-refractivity contribution in [1.29, 1.82) is 0 Å². The summed E-state index contributed by atoms with van der Waals surface area (Å²) in [5.74, 6) is -0.149. The Hall–Kier alpha value is -2.04. The van der Waals surface area contributed by atoms with E-state index < -0.39 is 0 Å². The molecule has 0 aliphatic rings. The highest BCUT2D eigenvalue weighted by molar-refractivity contribution is 5.90. The number of aryl methyl sites for hydroxylation is 1. The highest BCUT2D eigenvalue weighted by Gasteiger charge is 2.04. The maximum Gasteiger partial charge on any atom is 0.239 e. The Morgan fingerprint density at radius 2 is 2.00 bits per heavy atom. The van der Waals surface area contributed by atoms with Gasteiger partial charge >= 0.3 is 0 Å². The van der Waals surface area contributed by atoms with E-state index in [9.17, 15) is 9.59 Å². The van der Waals surface area contributed by atoms with Crippen LogP contribution in [0.1, 0.15) is 25.8 Å². The van der Waals surface area contributed by atoms with Gasteiger partial charge in [0, 0.05) is 24.8 Å². The Bertz CT molecular complexity index is 458. The summed E-state index contributed by atoms with van der Waals surface area (Å²) < 4.78 is 0. The van der Waals surface area contributed by atoms with Gasteiger partial charge < -0.3 is 16.0 Å². The first-order valence-corrected chi connectivity index (χ1v) is 6.41. The Morgan fingerprint density at radius 3 is 2.63 bits per heavy atom. The van der Waals surface area contributed by atoms with Gasteiger partial charge in [0.05, 0.1) is 6.54 Å².